The average molecular weight is 535 g/mol. The van der Waals surface area contributed by atoms with E-state index in [0.29, 0.717) is 63.4 Å². The molecular weight excluding hydrogens is 499 g/mol. The first kappa shape index (κ1) is 27.0. The van der Waals surface area contributed by atoms with Crippen molar-refractivity contribution in [3.63, 3.8) is 0 Å². The first-order valence-corrected chi connectivity index (χ1v) is 13.4. The number of piperidine rings is 1. The summed E-state index contributed by atoms with van der Waals surface area (Å²) in [6.45, 7) is 5.17. The Morgan fingerprint density at radius 1 is 1.18 bits per heavy atom. The van der Waals surface area contributed by atoms with Crippen molar-refractivity contribution in [3.05, 3.63) is 70.3 Å². The monoisotopic (exact) mass is 534 g/mol. The molecule has 39 heavy (non-hydrogen) atoms. The molecule has 0 aliphatic carbocycles. The van der Waals surface area contributed by atoms with E-state index in [1.54, 1.807) is 18.3 Å². The molecule has 0 bridgehead atoms. The number of hydrogen-bond acceptors (Lipinski definition) is 7. The van der Waals surface area contributed by atoms with E-state index in [2.05, 4.69) is 4.98 Å². The number of methoxy groups -OCH3 is 2. The Morgan fingerprint density at radius 3 is 2.79 bits per heavy atom. The predicted molar refractivity (Wildman–Crippen MR) is 145 cm³/mol. The zero-order chi connectivity index (χ0) is 27.5. The molecule has 2 atom stereocenters. The Balaban J connectivity index is 1.28. The summed E-state index contributed by atoms with van der Waals surface area (Å²) in [5.74, 6) is -0.541. The first-order chi connectivity index (χ1) is 18.9. The predicted octanol–water partition coefficient (Wildman–Crippen LogP) is 3.57. The molecule has 3 aliphatic heterocycles. The highest BCUT2D eigenvalue weighted by Gasteiger charge is 2.36. The smallest absolute Gasteiger partial charge is 0.309 e. The lowest BCUT2D eigenvalue weighted by atomic mass is 9.86. The summed E-state index contributed by atoms with van der Waals surface area (Å²) in [5, 5.41) is 0. The van der Waals surface area contributed by atoms with E-state index in [1.165, 1.54) is 25.9 Å². The summed E-state index contributed by atoms with van der Waals surface area (Å²) in [7, 11) is 2.90. The molecule has 0 spiro atoms. The molecule has 0 radical (unpaired) electrons. The molecule has 3 aliphatic rings. The van der Waals surface area contributed by atoms with Crippen LogP contribution in [0.4, 0.5) is 4.39 Å². The number of ether oxygens (including phenoxy) is 2. The summed E-state index contributed by atoms with van der Waals surface area (Å²) in [6, 6.07) is 8.75. The summed E-state index contributed by atoms with van der Waals surface area (Å²) >= 11 is 0. The minimum Gasteiger partial charge on any atom is -0.496 e. The molecule has 206 valence electrons. The van der Waals surface area contributed by atoms with Crippen LogP contribution in [0.5, 0.6) is 5.75 Å². The number of nitrogens with zero attached hydrogens (tertiary/aromatic N) is 4. The van der Waals surface area contributed by atoms with Crippen LogP contribution in [-0.2, 0) is 20.9 Å². The van der Waals surface area contributed by atoms with Crippen LogP contribution in [0.3, 0.4) is 0 Å². The number of benzene rings is 1. The van der Waals surface area contributed by atoms with Crippen LogP contribution in [0.25, 0.3) is 0 Å². The van der Waals surface area contributed by atoms with Gasteiger partial charge in [0.15, 0.2) is 0 Å². The number of pyridine rings is 1. The lowest BCUT2D eigenvalue weighted by Crippen LogP contribution is -2.45. The van der Waals surface area contributed by atoms with Crippen molar-refractivity contribution >= 4 is 17.6 Å². The summed E-state index contributed by atoms with van der Waals surface area (Å²) in [5.41, 5.74) is 5.82. The molecule has 2 unspecified atom stereocenters. The third-order valence-electron chi connectivity index (χ3n) is 7.98. The maximum atomic E-state index is 14.7. The Morgan fingerprint density at radius 2 is 2.03 bits per heavy atom. The number of aromatic nitrogens is 1. The van der Waals surface area contributed by atoms with Gasteiger partial charge in [-0.3, -0.25) is 24.5 Å². The fraction of sp³-hybridized carbons (Fsp3) is 0.467. The van der Waals surface area contributed by atoms with Crippen LogP contribution in [0.1, 0.15) is 36.1 Å². The second-order valence-corrected chi connectivity index (χ2v) is 10.6. The number of carbonyl (C=O) groups is 2. The van der Waals surface area contributed by atoms with Crippen molar-refractivity contribution in [3.8, 4) is 5.75 Å². The van der Waals surface area contributed by atoms with Gasteiger partial charge in [-0.15, -0.1) is 0 Å². The van der Waals surface area contributed by atoms with Gasteiger partial charge in [0.1, 0.15) is 11.6 Å². The summed E-state index contributed by atoms with van der Waals surface area (Å²) in [6.07, 6.45) is 3.49. The minimum absolute atomic E-state index is 0.0527. The number of amides is 1. The van der Waals surface area contributed by atoms with Gasteiger partial charge in [0.25, 0.3) is 0 Å². The highest BCUT2D eigenvalue weighted by atomic mass is 19.1. The van der Waals surface area contributed by atoms with Gasteiger partial charge >= 0.3 is 5.97 Å². The van der Waals surface area contributed by atoms with E-state index in [1.807, 2.05) is 28.9 Å². The van der Waals surface area contributed by atoms with Crippen molar-refractivity contribution in [1.82, 2.24) is 14.8 Å². The van der Waals surface area contributed by atoms with Gasteiger partial charge in [-0.1, -0.05) is 6.07 Å². The molecule has 0 saturated carbocycles. The van der Waals surface area contributed by atoms with Gasteiger partial charge < -0.3 is 14.4 Å². The molecule has 1 aromatic carbocycles. The largest absolute Gasteiger partial charge is 0.496 e. The van der Waals surface area contributed by atoms with Crippen molar-refractivity contribution < 1.29 is 23.5 Å². The van der Waals surface area contributed by atoms with E-state index in [0.717, 1.165) is 29.0 Å². The first-order valence-electron chi connectivity index (χ1n) is 13.4. The Kier molecular flexibility index (Phi) is 8.07. The maximum absolute atomic E-state index is 14.7. The van der Waals surface area contributed by atoms with Gasteiger partial charge in [0.05, 0.1) is 32.4 Å². The molecule has 8 nitrogen and oxygen atoms in total. The van der Waals surface area contributed by atoms with E-state index in [9.17, 15) is 14.0 Å². The van der Waals surface area contributed by atoms with Crippen molar-refractivity contribution in [2.75, 3.05) is 46.9 Å². The van der Waals surface area contributed by atoms with Crippen LogP contribution in [0.15, 0.2) is 52.7 Å². The molecule has 1 aromatic heterocycles. The second-order valence-electron chi connectivity index (χ2n) is 10.6. The third kappa shape index (κ3) is 5.88. The van der Waals surface area contributed by atoms with Crippen LogP contribution in [-0.4, -0.2) is 79.3 Å². The molecule has 1 amide bonds. The minimum atomic E-state index is -0.376. The van der Waals surface area contributed by atoms with Gasteiger partial charge in [0.2, 0.25) is 5.91 Å². The SMILES string of the molecule is COC(=O)C1CC(CC(=O)N2CCC3=C(C2)C(c2ccnc(C)c2)=NC3)CN(Cc2c(F)cccc2OC)C1. The number of carbonyl (C=O) groups excluding carboxylic acids is 2. The molecular formula is C30H35FN4O4. The van der Waals surface area contributed by atoms with Gasteiger partial charge in [-0.2, -0.15) is 0 Å². The molecule has 4 heterocycles. The summed E-state index contributed by atoms with van der Waals surface area (Å²) in [4.78, 5) is 39.1. The second kappa shape index (κ2) is 11.7. The topological polar surface area (TPSA) is 84.3 Å². The number of halogens is 1. The quantitative estimate of drug-likeness (QED) is 0.505. The van der Waals surface area contributed by atoms with Gasteiger partial charge in [-0.25, -0.2) is 4.39 Å². The van der Waals surface area contributed by atoms with E-state index < -0.39 is 0 Å². The van der Waals surface area contributed by atoms with Crippen LogP contribution in [0.2, 0.25) is 0 Å². The van der Waals surface area contributed by atoms with Gasteiger partial charge in [0, 0.05) is 62.2 Å². The number of likely N-dealkylation sites (tertiary alicyclic amines) is 1. The van der Waals surface area contributed by atoms with Crippen LogP contribution < -0.4 is 4.74 Å². The molecule has 5 rings (SSSR count). The zero-order valence-corrected chi connectivity index (χ0v) is 22.8. The fourth-order valence-corrected chi connectivity index (χ4v) is 6.06. The molecule has 0 N–H and O–H groups in total. The van der Waals surface area contributed by atoms with E-state index in [-0.39, 0.29) is 29.5 Å². The Hall–Kier alpha value is -3.59. The number of rotatable bonds is 7. The lowest BCUT2D eigenvalue weighted by molar-refractivity contribution is -0.149. The highest BCUT2D eigenvalue weighted by molar-refractivity contribution is 6.15. The number of esters is 1. The number of aliphatic imine (C=N–C) groups is 1. The Bertz CT molecular complexity index is 1320. The van der Waals surface area contributed by atoms with Crippen LogP contribution >= 0.6 is 0 Å². The molecule has 9 heteroatoms. The highest BCUT2D eigenvalue weighted by Crippen LogP contribution is 2.32. The Labute approximate surface area is 228 Å². The average Bonchev–Trinajstić information content (AvgIpc) is 3.37. The van der Waals surface area contributed by atoms with E-state index >= 15 is 0 Å². The standard InChI is InChI=1S/C30H35FN4O4/c1-19-11-21(7-9-32-19)29-24-18-35(10-8-22(24)14-33-29)28(36)13-20-12-23(30(37)39-3)16-34(15-20)17-25-26(31)5-4-6-27(25)38-2/h4-7,9,11,20,23H,8,10,12-18H2,1-3H3. The van der Waals surface area contributed by atoms with Crippen molar-refractivity contribution in [1.29, 1.82) is 0 Å². The molecule has 1 fully saturated rings. The molecule has 2 aromatic rings. The zero-order valence-electron chi connectivity index (χ0n) is 22.8. The maximum Gasteiger partial charge on any atom is 0.309 e. The van der Waals surface area contributed by atoms with Crippen LogP contribution in [0, 0.1) is 24.6 Å². The lowest BCUT2D eigenvalue weighted by Gasteiger charge is -2.38. The van der Waals surface area contributed by atoms with Gasteiger partial charge in [-0.05, 0) is 61.1 Å². The molecule has 1 saturated heterocycles. The van der Waals surface area contributed by atoms with Crippen molar-refractivity contribution in [2.45, 2.75) is 32.7 Å². The normalized spacial score (nSPS) is 21.4. The number of hydrogen-bond donors (Lipinski definition) is 0. The van der Waals surface area contributed by atoms with E-state index in [4.69, 9.17) is 14.5 Å². The summed E-state index contributed by atoms with van der Waals surface area (Å²) < 4.78 is 25.1. The van der Waals surface area contributed by atoms with Crippen molar-refractivity contribution in [2.24, 2.45) is 16.8 Å². The third-order valence-corrected chi connectivity index (χ3v) is 7.98. The fourth-order valence-electron chi connectivity index (χ4n) is 6.06. The number of aryl methyl sites for hydroxylation is 1.